The summed E-state index contributed by atoms with van der Waals surface area (Å²) in [5.74, 6) is 0.911. The summed E-state index contributed by atoms with van der Waals surface area (Å²) in [4.78, 5) is 12.0. The van der Waals surface area contributed by atoms with Crippen LogP contribution in [0.4, 0.5) is 0 Å². The molecule has 0 saturated heterocycles. The van der Waals surface area contributed by atoms with E-state index < -0.39 is 10.0 Å². The largest absolute Gasteiger partial charge is 0.496 e. The molecule has 0 bridgehead atoms. The highest BCUT2D eigenvalue weighted by molar-refractivity contribution is 7.88. The fourth-order valence-corrected chi connectivity index (χ4v) is 3.11. The normalized spacial score (nSPS) is 11.5. The molecular formula is C17H22N2O5S. The van der Waals surface area contributed by atoms with Crippen LogP contribution in [0.15, 0.2) is 47.1 Å². The number of methoxy groups -OCH3 is 1. The number of carbonyl (C=O) groups excluding carboxylic acids is 1. The first-order valence-corrected chi connectivity index (χ1v) is 9.61. The number of carbonyl (C=O) groups is 1. The van der Waals surface area contributed by atoms with E-state index in [0.29, 0.717) is 17.9 Å². The summed E-state index contributed by atoms with van der Waals surface area (Å²) in [7, 11) is -1.95. The molecule has 0 unspecified atom stereocenters. The van der Waals surface area contributed by atoms with Gasteiger partial charge in [0.1, 0.15) is 11.5 Å². The van der Waals surface area contributed by atoms with Crippen molar-refractivity contribution in [2.45, 2.75) is 13.0 Å². The molecule has 1 aromatic carbocycles. The number of benzene rings is 1. The van der Waals surface area contributed by atoms with Gasteiger partial charge in [-0.05, 0) is 30.2 Å². The van der Waals surface area contributed by atoms with Gasteiger partial charge in [0, 0.05) is 6.54 Å². The number of hydrogen-bond donors (Lipinski definition) is 1. The van der Waals surface area contributed by atoms with Crippen molar-refractivity contribution in [1.29, 1.82) is 0 Å². The van der Waals surface area contributed by atoms with E-state index in [0.717, 1.165) is 16.1 Å². The van der Waals surface area contributed by atoms with Crippen LogP contribution in [-0.4, -0.2) is 45.1 Å². The second-order valence-corrected chi connectivity index (χ2v) is 7.50. The number of amides is 1. The van der Waals surface area contributed by atoms with E-state index in [2.05, 4.69) is 5.32 Å². The zero-order valence-corrected chi connectivity index (χ0v) is 15.1. The first-order valence-electron chi connectivity index (χ1n) is 7.76. The van der Waals surface area contributed by atoms with Gasteiger partial charge >= 0.3 is 0 Å². The first-order chi connectivity index (χ1) is 11.9. The molecule has 2 rings (SSSR count). The van der Waals surface area contributed by atoms with Gasteiger partial charge in [-0.25, -0.2) is 8.42 Å². The third kappa shape index (κ3) is 5.91. The number of ether oxygens (including phenoxy) is 1. The van der Waals surface area contributed by atoms with Crippen LogP contribution in [0.2, 0.25) is 0 Å². The van der Waals surface area contributed by atoms with Crippen molar-refractivity contribution in [3.05, 3.63) is 54.0 Å². The van der Waals surface area contributed by atoms with Crippen LogP contribution in [0.25, 0.3) is 0 Å². The van der Waals surface area contributed by atoms with Crippen LogP contribution in [-0.2, 0) is 27.8 Å². The molecule has 1 heterocycles. The van der Waals surface area contributed by atoms with Gasteiger partial charge in [0.2, 0.25) is 15.9 Å². The minimum atomic E-state index is -3.51. The first kappa shape index (κ1) is 19.0. The number of nitrogens with zero attached hydrogens (tertiary/aromatic N) is 1. The Bertz CT molecular complexity index is 787. The second kappa shape index (κ2) is 8.68. The van der Waals surface area contributed by atoms with Crippen molar-refractivity contribution in [1.82, 2.24) is 9.62 Å². The van der Waals surface area contributed by atoms with Gasteiger partial charge in [0.25, 0.3) is 0 Å². The number of furan rings is 1. The van der Waals surface area contributed by atoms with Gasteiger partial charge in [-0.2, -0.15) is 4.31 Å². The van der Waals surface area contributed by atoms with E-state index in [1.54, 1.807) is 19.2 Å². The van der Waals surface area contributed by atoms with Crippen LogP contribution in [0.3, 0.4) is 0 Å². The highest BCUT2D eigenvalue weighted by Gasteiger charge is 2.20. The summed E-state index contributed by atoms with van der Waals surface area (Å²) in [6, 6.07) is 10.8. The Labute approximate surface area is 147 Å². The lowest BCUT2D eigenvalue weighted by Gasteiger charge is -2.20. The molecule has 0 fully saturated rings. The summed E-state index contributed by atoms with van der Waals surface area (Å²) in [6.45, 7) is 0.165. The second-order valence-electron chi connectivity index (χ2n) is 5.51. The third-order valence-corrected chi connectivity index (χ3v) is 4.90. The van der Waals surface area contributed by atoms with E-state index in [1.807, 2.05) is 24.3 Å². The molecule has 25 heavy (non-hydrogen) atoms. The topological polar surface area (TPSA) is 88.8 Å². The number of rotatable bonds is 9. The van der Waals surface area contributed by atoms with Crippen LogP contribution in [0.5, 0.6) is 5.75 Å². The molecule has 0 aliphatic carbocycles. The molecular weight excluding hydrogens is 344 g/mol. The van der Waals surface area contributed by atoms with Crippen LogP contribution < -0.4 is 10.1 Å². The third-order valence-electron chi connectivity index (χ3n) is 3.65. The van der Waals surface area contributed by atoms with Gasteiger partial charge in [0.15, 0.2) is 0 Å². The average molecular weight is 366 g/mol. The van der Waals surface area contributed by atoms with E-state index >= 15 is 0 Å². The number of sulfonamides is 1. The lowest BCUT2D eigenvalue weighted by atomic mass is 10.1. The smallest absolute Gasteiger partial charge is 0.235 e. The molecule has 1 amide bonds. The van der Waals surface area contributed by atoms with Crippen LogP contribution in [0.1, 0.15) is 11.3 Å². The Hall–Kier alpha value is -2.32. The van der Waals surface area contributed by atoms with Crippen molar-refractivity contribution in [2.75, 3.05) is 26.5 Å². The maximum absolute atomic E-state index is 12.0. The van der Waals surface area contributed by atoms with Gasteiger partial charge < -0.3 is 14.5 Å². The van der Waals surface area contributed by atoms with E-state index in [1.165, 1.54) is 6.26 Å². The zero-order chi connectivity index (χ0) is 18.3. The highest BCUT2D eigenvalue weighted by atomic mass is 32.2. The summed E-state index contributed by atoms with van der Waals surface area (Å²) < 4.78 is 35.5. The van der Waals surface area contributed by atoms with Gasteiger partial charge in [-0.3, -0.25) is 4.79 Å². The summed E-state index contributed by atoms with van der Waals surface area (Å²) in [5.41, 5.74) is 0.884. The zero-order valence-electron chi connectivity index (χ0n) is 14.3. The molecule has 0 aliphatic heterocycles. The lowest BCUT2D eigenvalue weighted by molar-refractivity contribution is -0.121. The molecule has 1 aromatic heterocycles. The summed E-state index contributed by atoms with van der Waals surface area (Å²) in [5, 5.41) is 2.64. The van der Waals surface area contributed by atoms with Crippen molar-refractivity contribution in [3.63, 3.8) is 0 Å². The molecule has 0 aliphatic rings. The van der Waals surface area contributed by atoms with Gasteiger partial charge in [0.05, 0.1) is 32.7 Å². The van der Waals surface area contributed by atoms with E-state index in [4.69, 9.17) is 9.15 Å². The molecule has 8 heteroatoms. The number of para-hydroxylation sites is 1. The van der Waals surface area contributed by atoms with E-state index in [9.17, 15) is 13.2 Å². The number of nitrogens with one attached hydrogen (secondary N) is 1. The molecule has 136 valence electrons. The Balaban J connectivity index is 1.95. The SMILES string of the molecule is COc1ccccc1CCN(CC(=O)NCc1ccco1)S(C)(=O)=O. The van der Waals surface area contributed by atoms with Crippen LogP contribution in [0, 0.1) is 0 Å². The Morgan fingerprint density at radius 3 is 2.64 bits per heavy atom. The maximum atomic E-state index is 12.0. The molecule has 7 nitrogen and oxygen atoms in total. The highest BCUT2D eigenvalue weighted by Crippen LogP contribution is 2.18. The van der Waals surface area contributed by atoms with E-state index in [-0.39, 0.29) is 25.5 Å². The predicted octanol–water partition coefficient (Wildman–Crippen LogP) is 1.41. The fraction of sp³-hybridized carbons (Fsp3) is 0.353. The quantitative estimate of drug-likeness (QED) is 0.725. The lowest BCUT2D eigenvalue weighted by Crippen LogP contribution is -2.41. The van der Waals surface area contributed by atoms with Gasteiger partial charge in [-0.15, -0.1) is 0 Å². The average Bonchev–Trinajstić information content (AvgIpc) is 3.09. The van der Waals surface area contributed by atoms with Gasteiger partial charge in [-0.1, -0.05) is 18.2 Å². The van der Waals surface area contributed by atoms with Crippen molar-refractivity contribution in [2.24, 2.45) is 0 Å². The predicted molar refractivity (Wildman–Crippen MR) is 93.7 cm³/mol. The fourth-order valence-electron chi connectivity index (χ4n) is 2.33. The maximum Gasteiger partial charge on any atom is 0.235 e. The molecule has 0 atom stereocenters. The summed E-state index contributed by atoms with van der Waals surface area (Å²) in [6.07, 6.45) is 3.05. The monoisotopic (exact) mass is 366 g/mol. The Kier molecular flexibility index (Phi) is 6.60. The molecule has 2 aromatic rings. The van der Waals surface area contributed by atoms with Crippen LogP contribution >= 0.6 is 0 Å². The van der Waals surface area contributed by atoms with Crippen molar-refractivity contribution in [3.8, 4) is 5.75 Å². The van der Waals surface area contributed by atoms with Crippen molar-refractivity contribution < 1.29 is 22.4 Å². The molecule has 0 spiro atoms. The summed E-state index contributed by atoms with van der Waals surface area (Å²) >= 11 is 0. The molecule has 0 saturated carbocycles. The van der Waals surface area contributed by atoms with Crippen molar-refractivity contribution >= 4 is 15.9 Å². The number of hydrogen-bond acceptors (Lipinski definition) is 5. The standard InChI is InChI=1S/C17H22N2O5S/c1-23-16-8-4-3-6-14(16)9-10-19(25(2,21)22)13-17(20)18-12-15-7-5-11-24-15/h3-8,11H,9-10,12-13H2,1-2H3,(H,18,20). The Morgan fingerprint density at radius 1 is 1.24 bits per heavy atom. The molecule has 1 N–H and O–H groups in total. The molecule has 0 radical (unpaired) electrons. The minimum absolute atomic E-state index is 0.188. The minimum Gasteiger partial charge on any atom is -0.496 e. The Morgan fingerprint density at radius 2 is 2.00 bits per heavy atom.